The first-order valence-corrected chi connectivity index (χ1v) is 4.08. The van der Waals surface area contributed by atoms with E-state index in [1.54, 1.807) is 6.07 Å². The summed E-state index contributed by atoms with van der Waals surface area (Å²) in [5.74, 6) is 0.189. The predicted octanol–water partition coefficient (Wildman–Crippen LogP) is 2.51. The third-order valence-corrected chi connectivity index (χ3v) is 1.68. The number of Topliss-reactive ketones (excluding diaryl/α,β-unsaturated/α-hetero) is 1. The van der Waals surface area contributed by atoms with Gasteiger partial charge in [-0.05, 0) is 23.7 Å². The highest BCUT2D eigenvalue weighted by molar-refractivity contribution is 9.09. The molecule has 0 aliphatic rings. The van der Waals surface area contributed by atoms with E-state index < -0.39 is 0 Å². The second kappa shape index (κ2) is 3.21. The highest BCUT2D eigenvalue weighted by atomic mass is 79.9. The van der Waals surface area contributed by atoms with E-state index in [-0.39, 0.29) is 16.3 Å². The average molecular weight is 223 g/mol. The molecule has 0 aliphatic heterocycles. The smallest absolute Gasteiger partial charge is 0.208 e. The molecule has 0 saturated heterocycles. The Bertz CT molecular complexity index is 244. The zero-order valence-corrected chi connectivity index (χ0v) is 7.28. The van der Waals surface area contributed by atoms with Crippen molar-refractivity contribution in [1.29, 1.82) is 0 Å². The van der Waals surface area contributed by atoms with Gasteiger partial charge >= 0.3 is 0 Å². The van der Waals surface area contributed by atoms with Crippen LogP contribution in [0, 0.1) is 0 Å². The highest BCUT2D eigenvalue weighted by Crippen LogP contribution is 2.13. The van der Waals surface area contributed by atoms with Crippen LogP contribution in [0.5, 0.6) is 0 Å². The van der Waals surface area contributed by atoms with Gasteiger partial charge in [0.1, 0.15) is 0 Å². The van der Waals surface area contributed by atoms with Gasteiger partial charge in [0.15, 0.2) is 11.0 Å². The Morgan fingerprint density at radius 2 is 2.40 bits per heavy atom. The van der Waals surface area contributed by atoms with Crippen molar-refractivity contribution in [2.45, 2.75) is 0 Å². The fourth-order valence-corrected chi connectivity index (χ4v) is 0.952. The van der Waals surface area contributed by atoms with Crippen molar-refractivity contribution < 1.29 is 9.21 Å². The van der Waals surface area contributed by atoms with Gasteiger partial charge in [-0.25, -0.2) is 0 Å². The summed E-state index contributed by atoms with van der Waals surface area (Å²) in [6.07, 6.45) is 0. The minimum Gasteiger partial charge on any atom is -0.442 e. The van der Waals surface area contributed by atoms with E-state index in [0.717, 1.165) is 0 Å². The van der Waals surface area contributed by atoms with Crippen LogP contribution in [0.4, 0.5) is 0 Å². The second-order valence-corrected chi connectivity index (χ2v) is 2.59. The summed E-state index contributed by atoms with van der Waals surface area (Å²) in [4.78, 5) is 10.8. The van der Waals surface area contributed by atoms with E-state index >= 15 is 0 Å². The molecule has 0 atom stereocenters. The standard InChI is InChI=1S/C6H4BrClO2/c7-3-4(9)5-1-2-6(8)10-5/h1-2H,3H2. The van der Waals surface area contributed by atoms with Gasteiger partial charge in [-0.3, -0.25) is 4.79 Å². The minimum absolute atomic E-state index is 0.105. The van der Waals surface area contributed by atoms with Crippen LogP contribution < -0.4 is 0 Å². The lowest BCUT2D eigenvalue weighted by Gasteiger charge is -1.86. The van der Waals surface area contributed by atoms with Crippen molar-refractivity contribution in [3.63, 3.8) is 0 Å². The largest absolute Gasteiger partial charge is 0.442 e. The van der Waals surface area contributed by atoms with Crippen LogP contribution in [-0.4, -0.2) is 11.1 Å². The van der Waals surface area contributed by atoms with E-state index in [2.05, 4.69) is 15.9 Å². The number of alkyl halides is 1. The van der Waals surface area contributed by atoms with Crippen LogP contribution in [-0.2, 0) is 0 Å². The van der Waals surface area contributed by atoms with Crippen molar-refractivity contribution in [2.24, 2.45) is 0 Å². The van der Waals surface area contributed by atoms with Gasteiger partial charge < -0.3 is 4.42 Å². The van der Waals surface area contributed by atoms with Crippen LogP contribution in [0.15, 0.2) is 16.5 Å². The van der Waals surface area contributed by atoms with E-state index in [9.17, 15) is 4.79 Å². The van der Waals surface area contributed by atoms with Crippen molar-refractivity contribution >= 4 is 33.3 Å². The molecule has 0 saturated carbocycles. The minimum atomic E-state index is -0.105. The first-order valence-electron chi connectivity index (χ1n) is 2.58. The number of halogens is 2. The lowest BCUT2D eigenvalue weighted by atomic mass is 10.3. The zero-order valence-electron chi connectivity index (χ0n) is 4.93. The maximum atomic E-state index is 10.8. The summed E-state index contributed by atoms with van der Waals surface area (Å²) in [7, 11) is 0. The van der Waals surface area contributed by atoms with Crippen LogP contribution in [0.25, 0.3) is 0 Å². The molecule has 0 radical (unpaired) electrons. The van der Waals surface area contributed by atoms with Crippen LogP contribution in [0.2, 0.25) is 5.22 Å². The van der Waals surface area contributed by atoms with E-state index in [4.69, 9.17) is 16.0 Å². The fraction of sp³-hybridized carbons (Fsp3) is 0.167. The SMILES string of the molecule is O=C(CBr)c1ccc(Cl)o1. The summed E-state index contributed by atoms with van der Waals surface area (Å²) < 4.78 is 4.82. The van der Waals surface area contributed by atoms with E-state index in [1.807, 2.05) is 0 Å². The molecule has 1 aromatic heterocycles. The lowest BCUT2D eigenvalue weighted by Crippen LogP contribution is -1.96. The maximum Gasteiger partial charge on any atom is 0.208 e. The predicted molar refractivity (Wildman–Crippen MR) is 41.8 cm³/mol. The summed E-state index contributed by atoms with van der Waals surface area (Å²) in [6.45, 7) is 0. The second-order valence-electron chi connectivity index (χ2n) is 1.66. The molecule has 54 valence electrons. The topological polar surface area (TPSA) is 30.2 Å². The average Bonchev–Trinajstić information content (AvgIpc) is 2.34. The molecule has 1 heterocycles. The molecule has 0 spiro atoms. The summed E-state index contributed by atoms with van der Waals surface area (Å²) >= 11 is 8.44. The Kier molecular flexibility index (Phi) is 2.51. The number of hydrogen-bond acceptors (Lipinski definition) is 2. The van der Waals surface area contributed by atoms with Gasteiger partial charge in [0.05, 0.1) is 5.33 Å². The van der Waals surface area contributed by atoms with E-state index in [0.29, 0.717) is 5.76 Å². The Morgan fingerprint density at radius 1 is 1.70 bits per heavy atom. The summed E-state index contributed by atoms with van der Waals surface area (Å²) in [6, 6.07) is 3.09. The molecule has 0 N–H and O–H groups in total. The van der Waals surface area contributed by atoms with Gasteiger partial charge in [0, 0.05) is 0 Å². The lowest BCUT2D eigenvalue weighted by molar-refractivity contribution is 0.0993. The zero-order chi connectivity index (χ0) is 7.56. The highest BCUT2D eigenvalue weighted by Gasteiger charge is 2.07. The van der Waals surface area contributed by atoms with Crippen molar-refractivity contribution in [3.8, 4) is 0 Å². The quantitative estimate of drug-likeness (QED) is 0.570. The van der Waals surface area contributed by atoms with Crippen LogP contribution in [0.1, 0.15) is 10.6 Å². The number of ketones is 1. The number of rotatable bonds is 2. The van der Waals surface area contributed by atoms with Gasteiger partial charge in [-0.1, -0.05) is 15.9 Å². The van der Waals surface area contributed by atoms with E-state index in [1.165, 1.54) is 6.07 Å². The molecule has 1 aromatic rings. The fourth-order valence-electron chi connectivity index (χ4n) is 0.530. The maximum absolute atomic E-state index is 10.8. The third-order valence-electron chi connectivity index (χ3n) is 0.969. The van der Waals surface area contributed by atoms with Crippen molar-refractivity contribution in [1.82, 2.24) is 0 Å². The van der Waals surface area contributed by atoms with Gasteiger partial charge in [0.2, 0.25) is 5.78 Å². The summed E-state index contributed by atoms with van der Waals surface area (Å²) in [5, 5.41) is 0.501. The molecule has 0 amide bonds. The molecule has 10 heavy (non-hydrogen) atoms. The molecule has 0 unspecified atom stereocenters. The number of carbonyl (C=O) groups is 1. The van der Waals surface area contributed by atoms with Crippen molar-refractivity contribution in [3.05, 3.63) is 23.1 Å². The molecular formula is C6H4BrClO2. The molecule has 4 heteroatoms. The number of carbonyl (C=O) groups excluding carboxylic acids is 1. The Morgan fingerprint density at radius 3 is 2.80 bits per heavy atom. The normalized spacial score (nSPS) is 9.80. The molecule has 0 aliphatic carbocycles. The van der Waals surface area contributed by atoms with Gasteiger partial charge in [0.25, 0.3) is 0 Å². The van der Waals surface area contributed by atoms with Gasteiger partial charge in [-0.2, -0.15) is 0 Å². The Hall–Kier alpha value is -0.280. The molecular weight excluding hydrogens is 219 g/mol. The number of hydrogen-bond donors (Lipinski definition) is 0. The van der Waals surface area contributed by atoms with Crippen molar-refractivity contribution in [2.75, 3.05) is 5.33 Å². The molecule has 0 fully saturated rings. The monoisotopic (exact) mass is 222 g/mol. The van der Waals surface area contributed by atoms with Gasteiger partial charge in [-0.15, -0.1) is 0 Å². The molecule has 0 bridgehead atoms. The van der Waals surface area contributed by atoms with Crippen LogP contribution >= 0.6 is 27.5 Å². The first kappa shape index (κ1) is 7.82. The molecule has 1 rings (SSSR count). The molecule has 0 aromatic carbocycles. The summed E-state index contributed by atoms with van der Waals surface area (Å²) in [5.41, 5.74) is 0. The molecule has 2 nitrogen and oxygen atoms in total. The Balaban J connectivity index is 2.85. The third kappa shape index (κ3) is 1.61. The Labute approximate surface area is 71.3 Å². The number of furan rings is 1. The van der Waals surface area contributed by atoms with Crippen LogP contribution in [0.3, 0.4) is 0 Å². The first-order chi connectivity index (χ1) is 4.74.